The molecule has 1 aliphatic carbocycles. The van der Waals surface area contributed by atoms with Crippen molar-refractivity contribution in [1.29, 1.82) is 0 Å². The second-order valence-corrected chi connectivity index (χ2v) is 5.33. The summed E-state index contributed by atoms with van der Waals surface area (Å²) in [5.41, 5.74) is 7.52. The van der Waals surface area contributed by atoms with Crippen LogP contribution in [0.3, 0.4) is 0 Å². The Morgan fingerprint density at radius 3 is 2.78 bits per heavy atom. The molecule has 2 rings (SSSR count). The van der Waals surface area contributed by atoms with Crippen LogP contribution in [0.15, 0.2) is 24.3 Å². The van der Waals surface area contributed by atoms with Crippen LogP contribution in [-0.4, -0.2) is 22.8 Å². The molecule has 18 heavy (non-hydrogen) atoms. The van der Waals surface area contributed by atoms with Gasteiger partial charge in [0.25, 0.3) is 0 Å². The van der Waals surface area contributed by atoms with Crippen molar-refractivity contribution in [2.45, 2.75) is 25.8 Å². The number of nitrogens with zero attached hydrogens (tertiary/aromatic N) is 1. The lowest BCUT2D eigenvalue weighted by Gasteiger charge is -2.29. The fraction of sp³-hybridized carbons (Fsp3) is 0.429. The molecule has 0 atom stereocenters. The van der Waals surface area contributed by atoms with Gasteiger partial charge < -0.3 is 10.6 Å². The molecule has 2 N–H and O–H groups in total. The van der Waals surface area contributed by atoms with Crippen LogP contribution < -0.4 is 5.73 Å². The third kappa shape index (κ3) is 2.88. The first-order valence-corrected chi connectivity index (χ1v) is 6.62. The first kappa shape index (κ1) is 13.0. The molecule has 0 saturated heterocycles. The van der Waals surface area contributed by atoms with Crippen molar-refractivity contribution in [2.75, 3.05) is 7.05 Å². The fourth-order valence-electron chi connectivity index (χ4n) is 2.14. The molecule has 1 aliphatic rings. The number of hydrogen-bond donors (Lipinski definition) is 1. The topological polar surface area (TPSA) is 46.3 Å². The van der Waals surface area contributed by atoms with E-state index in [9.17, 15) is 4.79 Å². The zero-order valence-electron chi connectivity index (χ0n) is 10.6. The average Bonchev–Trinajstić information content (AvgIpc) is 2.26. The fourth-order valence-corrected chi connectivity index (χ4v) is 2.27. The molecule has 0 radical (unpaired) electrons. The number of benzene rings is 1. The molecule has 1 amide bonds. The summed E-state index contributed by atoms with van der Waals surface area (Å²) in [6.07, 6.45) is 3.26. The molecular weight excluding hydrogens is 244 g/mol. The number of hydrogen-bond acceptors (Lipinski definition) is 2. The molecule has 1 fully saturated rings. The van der Waals surface area contributed by atoms with E-state index in [4.69, 9.17) is 18.0 Å². The van der Waals surface area contributed by atoms with Crippen LogP contribution in [-0.2, 0) is 11.3 Å². The van der Waals surface area contributed by atoms with Crippen molar-refractivity contribution in [3.05, 3.63) is 35.4 Å². The Bertz CT molecular complexity index is 469. The third-order valence-corrected chi connectivity index (χ3v) is 3.70. The van der Waals surface area contributed by atoms with E-state index in [1.807, 2.05) is 31.3 Å². The summed E-state index contributed by atoms with van der Waals surface area (Å²) >= 11 is 4.95. The van der Waals surface area contributed by atoms with Gasteiger partial charge >= 0.3 is 0 Å². The average molecular weight is 262 g/mol. The van der Waals surface area contributed by atoms with Gasteiger partial charge in [-0.15, -0.1) is 0 Å². The van der Waals surface area contributed by atoms with Crippen LogP contribution in [0.25, 0.3) is 0 Å². The second kappa shape index (κ2) is 5.48. The van der Waals surface area contributed by atoms with Gasteiger partial charge in [0.15, 0.2) is 0 Å². The molecule has 3 nitrogen and oxygen atoms in total. The standard InChI is InChI=1S/C14H18N2OS/c1-16(14(17)11-5-3-6-11)9-10-4-2-7-12(8-10)13(15)18/h2,4,7-8,11H,3,5-6,9H2,1H3,(H2,15,18). The van der Waals surface area contributed by atoms with Gasteiger partial charge in [-0.05, 0) is 24.5 Å². The van der Waals surface area contributed by atoms with Crippen LogP contribution in [0.5, 0.6) is 0 Å². The number of nitrogens with two attached hydrogens (primary N) is 1. The Labute approximate surface area is 113 Å². The van der Waals surface area contributed by atoms with Gasteiger partial charge in [-0.3, -0.25) is 4.79 Å². The van der Waals surface area contributed by atoms with Gasteiger partial charge in [-0.25, -0.2) is 0 Å². The summed E-state index contributed by atoms with van der Waals surface area (Å²) in [4.78, 5) is 14.2. The van der Waals surface area contributed by atoms with E-state index in [0.29, 0.717) is 11.5 Å². The first-order chi connectivity index (χ1) is 8.58. The van der Waals surface area contributed by atoms with Gasteiger partial charge in [0.2, 0.25) is 5.91 Å². The van der Waals surface area contributed by atoms with Crippen molar-refractivity contribution >= 4 is 23.1 Å². The molecule has 0 heterocycles. The summed E-state index contributed by atoms with van der Waals surface area (Å²) in [5, 5.41) is 0. The van der Waals surface area contributed by atoms with Crippen molar-refractivity contribution in [2.24, 2.45) is 11.7 Å². The van der Waals surface area contributed by atoms with Gasteiger partial charge in [-0.2, -0.15) is 0 Å². The van der Waals surface area contributed by atoms with Crippen LogP contribution >= 0.6 is 12.2 Å². The monoisotopic (exact) mass is 262 g/mol. The number of carbonyl (C=O) groups is 1. The summed E-state index contributed by atoms with van der Waals surface area (Å²) < 4.78 is 0. The maximum absolute atomic E-state index is 12.0. The lowest BCUT2D eigenvalue weighted by atomic mass is 9.84. The molecule has 4 heteroatoms. The smallest absolute Gasteiger partial charge is 0.225 e. The summed E-state index contributed by atoms with van der Waals surface area (Å²) in [5.74, 6) is 0.496. The van der Waals surface area contributed by atoms with E-state index < -0.39 is 0 Å². The molecular formula is C14H18N2OS. The third-order valence-electron chi connectivity index (χ3n) is 3.46. The highest BCUT2D eigenvalue weighted by Gasteiger charge is 2.27. The van der Waals surface area contributed by atoms with Gasteiger partial charge in [-0.1, -0.05) is 36.8 Å². The summed E-state index contributed by atoms with van der Waals surface area (Å²) in [6.45, 7) is 0.617. The number of rotatable bonds is 4. The molecule has 0 bridgehead atoms. The minimum Gasteiger partial charge on any atom is -0.389 e. The number of amides is 1. The minimum atomic E-state index is 0.244. The molecule has 1 aromatic carbocycles. The van der Waals surface area contributed by atoms with Crippen molar-refractivity contribution < 1.29 is 4.79 Å². The SMILES string of the molecule is CN(Cc1cccc(C(N)=S)c1)C(=O)C1CCC1. The van der Waals surface area contributed by atoms with E-state index >= 15 is 0 Å². The lowest BCUT2D eigenvalue weighted by Crippen LogP contribution is -2.35. The molecule has 0 unspecified atom stereocenters. The Hall–Kier alpha value is -1.42. The number of carbonyl (C=O) groups excluding carboxylic acids is 1. The van der Waals surface area contributed by atoms with Crippen LogP contribution in [0.1, 0.15) is 30.4 Å². The van der Waals surface area contributed by atoms with E-state index in [2.05, 4.69) is 0 Å². The van der Waals surface area contributed by atoms with Crippen LogP contribution in [0, 0.1) is 5.92 Å². The molecule has 1 saturated carbocycles. The minimum absolute atomic E-state index is 0.244. The number of thiocarbonyl (C=S) groups is 1. The van der Waals surface area contributed by atoms with Crippen molar-refractivity contribution in [3.8, 4) is 0 Å². The van der Waals surface area contributed by atoms with Crippen molar-refractivity contribution in [1.82, 2.24) is 4.90 Å². The largest absolute Gasteiger partial charge is 0.389 e. The maximum atomic E-state index is 12.0. The molecule has 0 aromatic heterocycles. The second-order valence-electron chi connectivity index (χ2n) is 4.89. The Balaban J connectivity index is 2.01. The predicted octanol–water partition coefficient (Wildman–Crippen LogP) is 2.08. The first-order valence-electron chi connectivity index (χ1n) is 6.21. The summed E-state index contributed by atoms with van der Waals surface area (Å²) in [6, 6.07) is 7.75. The molecule has 0 aliphatic heterocycles. The predicted molar refractivity (Wildman–Crippen MR) is 76.1 cm³/mol. The Morgan fingerprint density at radius 2 is 2.22 bits per heavy atom. The molecule has 96 valence electrons. The zero-order valence-corrected chi connectivity index (χ0v) is 11.4. The highest BCUT2D eigenvalue weighted by Crippen LogP contribution is 2.28. The quantitative estimate of drug-likeness (QED) is 0.845. The van der Waals surface area contributed by atoms with Crippen LogP contribution in [0.2, 0.25) is 0 Å². The van der Waals surface area contributed by atoms with Gasteiger partial charge in [0.05, 0.1) is 0 Å². The lowest BCUT2D eigenvalue weighted by molar-refractivity contribution is -0.137. The highest BCUT2D eigenvalue weighted by atomic mass is 32.1. The maximum Gasteiger partial charge on any atom is 0.225 e. The molecule has 1 aromatic rings. The Kier molecular flexibility index (Phi) is 3.97. The van der Waals surface area contributed by atoms with E-state index in [0.717, 1.165) is 24.0 Å². The van der Waals surface area contributed by atoms with E-state index in [-0.39, 0.29) is 11.8 Å². The van der Waals surface area contributed by atoms with Gasteiger partial charge in [0, 0.05) is 25.1 Å². The van der Waals surface area contributed by atoms with E-state index in [1.165, 1.54) is 6.42 Å². The zero-order chi connectivity index (χ0) is 13.1. The highest BCUT2D eigenvalue weighted by molar-refractivity contribution is 7.80. The molecule has 0 spiro atoms. The summed E-state index contributed by atoms with van der Waals surface area (Å²) in [7, 11) is 1.86. The normalized spacial score (nSPS) is 14.9. The van der Waals surface area contributed by atoms with Crippen molar-refractivity contribution in [3.63, 3.8) is 0 Å². The van der Waals surface area contributed by atoms with Gasteiger partial charge in [0.1, 0.15) is 4.99 Å². The Morgan fingerprint density at radius 1 is 1.50 bits per heavy atom. The van der Waals surface area contributed by atoms with Crippen LogP contribution in [0.4, 0.5) is 0 Å². The van der Waals surface area contributed by atoms with E-state index in [1.54, 1.807) is 4.90 Å².